The first-order valence-electron chi connectivity index (χ1n) is 6.27. The zero-order valence-electron chi connectivity index (χ0n) is 11.6. The molecule has 0 bridgehead atoms. The largest absolute Gasteiger partial charge is 0.481 e. The molecule has 1 atom stereocenters. The summed E-state index contributed by atoms with van der Waals surface area (Å²) in [7, 11) is 2.08. The highest BCUT2D eigenvalue weighted by molar-refractivity contribution is 7.11. The Morgan fingerprint density at radius 2 is 2.11 bits per heavy atom. The smallest absolute Gasteiger partial charge is 0.303 e. The van der Waals surface area contributed by atoms with Crippen molar-refractivity contribution in [1.82, 2.24) is 9.88 Å². The van der Waals surface area contributed by atoms with E-state index in [0.29, 0.717) is 6.04 Å². The van der Waals surface area contributed by atoms with Crippen LogP contribution in [0.5, 0.6) is 0 Å². The standard InChI is InChI=1S/C13H22N2O2S/c1-9-13(18-11(3)14-9)10(2)15(4)8-6-5-7-12(16)17/h10H,5-8H2,1-4H3,(H,16,17). The van der Waals surface area contributed by atoms with Crippen LogP contribution in [0.1, 0.15) is 47.8 Å². The first kappa shape index (κ1) is 15.1. The molecule has 0 spiro atoms. The molecular weight excluding hydrogens is 248 g/mol. The van der Waals surface area contributed by atoms with Gasteiger partial charge in [-0.05, 0) is 47.2 Å². The molecule has 0 fully saturated rings. The van der Waals surface area contributed by atoms with Gasteiger partial charge in [0.2, 0.25) is 0 Å². The van der Waals surface area contributed by atoms with E-state index in [1.807, 2.05) is 13.8 Å². The van der Waals surface area contributed by atoms with Crippen LogP contribution in [0, 0.1) is 13.8 Å². The Balaban J connectivity index is 2.44. The van der Waals surface area contributed by atoms with Crippen LogP contribution in [0.15, 0.2) is 0 Å². The van der Waals surface area contributed by atoms with Gasteiger partial charge >= 0.3 is 5.97 Å². The third-order valence-corrected chi connectivity index (χ3v) is 4.37. The molecule has 0 aliphatic heterocycles. The van der Waals surface area contributed by atoms with E-state index < -0.39 is 5.97 Å². The van der Waals surface area contributed by atoms with E-state index in [4.69, 9.17) is 5.11 Å². The molecule has 0 aromatic carbocycles. The van der Waals surface area contributed by atoms with E-state index in [9.17, 15) is 4.79 Å². The first-order chi connectivity index (χ1) is 8.41. The fraction of sp³-hybridized carbons (Fsp3) is 0.692. The summed E-state index contributed by atoms with van der Waals surface area (Å²) in [6, 6.07) is 0.348. The van der Waals surface area contributed by atoms with E-state index >= 15 is 0 Å². The van der Waals surface area contributed by atoms with Crippen LogP contribution >= 0.6 is 11.3 Å². The number of rotatable bonds is 7. The maximum absolute atomic E-state index is 10.4. The zero-order chi connectivity index (χ0) is 13.7. The SMILES string of the molecule is Cc1nc(C)c(C(C)N(C)CCCCC(=O)O)s1. The summed E-state index contributed by atoms with van der Waals surface area (Å²) >= 11 is 1.75. The van der Waals surface area contributed by atoms with Crippen LogP contribution in [0.25, 0.3) is 0 Å². The Hall–Kier alpha value is -0.940. The average molecular weight is 270 g/mol. The number of aryl methyl sites for hydroxylation is 2. The number of carboxylic acids is 1. The Labute approximate surface area is 113 Å². The Morgan fingerprint density at radius 3 is 2.61 bits per heavy atom. The van der Waals surface area contributed by atoms with Crippen molar-refractivity contribution >= 4 is 17.3 Å². The van der Waals surface area contributed by atoms with Gasteiger partial charge in [-0.3, -0.25) is 9.69 Å². The molecular formula is C13H22N2O2S. The predicted molar refractivity (Wildman–Crippen MR) is 74.1 cm³/mol. The van der Waals surface area contributed by atoms with Crippen molar-refractivity contribution in [3.63, 3.8) is 0 Å². The van der Waals surface area contributed by atoms with Gasteiger partial charge < -0.3 is 5.11 Å². The van der Waals surface area contributed by atoms with E-state index in [1.165, 1.54) is 4.88 Å². The molecule has 4 nitrogen and oxygen atoms in total. The molecule has 1 unspecified atom stereocenters. The number of thiazole rings is 1. The minimum atomic E-state index is -0.709. The number of carbonyl (C=O) groups is 1. The van der Waals surface area contributed by atoms with Gasteiger partial charge in [0.05, 0.1) is 10.7 Å². The predicted octanol–water partition coefficient (Wildman–Crippen LogP) is 3.01. The van der Waals surface area contributed by atoms with Crippen LogP contribution in [0.3, 0.4) is 0 Å². The van der Waals surface area contributed by atoms with Crippen LogP contribution < -0.4 is 0 Å². The van der Waals surface area contributed by atoms with Gasteiger partial charge in [-0.25, -0.2) is 4.98 Å². The lowest BCUT2D eigenvalue weighted by Crippen LogP contribution is -2.23. The fourth-order valence-electron chi connectivity index (χ4n) is 1.97. The molecule has 0 saturated carbocycles. The van der Waals surface area contributed by atoms with E-state index in [2.05, 4.69) is 23.9 Å². The number of aliphatic carboxylic acids is 1. The van der Waals surface area contributed by atoms with Gasteiger partial charge in [-0.1, -0.05) is 0 Å². The molecule has 1 aromatic rings. The summed E-state index contributed by atoms with van der Waals surface area (Å²) in [5.74, 6) is -0.709. The van der Waals surface area contributed by atoms with Crippen LogP contribution in [-0.4, -0.2) is 34.6 Å². The maximum Gasteiger partial charge on any atom is 0.303 e. The highest BCUT2D eigenvalue weighted by Crippen LogP contribution is 2.28. The number of nitrogens with zero attached hydrogens (tertiary/aromatic N) is 2. The van der Waals surface area contributed by atoms with E-state index in [1.54, 1.807) is 11.3 Å². The monoisotopic (exact) mass is 270 g/mol. The molecule has 0 amide bonds. The van der Waals surface area contributed by atoms with Gasteiger partial charge in [0, 0.05) is 17.3 Å². The molecule has 1 heterocycles. The number of aromatic nitrogens is 1. The molecule has 18 heavy (non-hydrogen) atoms. The maximum atomic E-state index is 10.4. The summed E-state index contributed by atoms with van der Waals surface area (Å²) < 4.78 is 0. The summed E-state index contributed by atoms with van der Waals surface area (Å²) in [6.45, 7) is 7.18. The molecule has 0 aliphatic rings. The normalized spacial score (nSPS) is 12.9. The van der Waals surface area contributed by atoms with Crippen molar-refractivity contribution in [3.05, 3.63) is 15.6 Å². The molecule has 1 rings (SSSR count). The Morgan fingerprint density at radius 1 is 1.44 bits per heavy atom. The topological polar surface area (TPSA) is 53.4 Å². The molecule has 0 saturated heterocycles. The lowest BCUT2D eigenvalue weighted by molar-refractivity contribution is -0.137. The van der Waals surface area contributed by atoms with E-state index in [-0.39, 0.29) is 6.42 Å². The first-order valence-corrected chi connectivity index (χ1v) is 7.09. The molecule has 102 valence electrons. The number of hydrogen-bond donors (Lipinski definition) is 1. The lowest BCUT2D eigenvalue weighted by Gasteiger charge is -2.24. The van der Waals surface area contributed by atoms with Gasteiger partial charge in [-0.15, -0.1) is 11.3 Å². The summed E-state index contributed by atoms with van der Waals surface area (Å²) in [5.41, 5.74) is 1.11. The molecule has 0 radical (unpaired) electrons. The minimum Gasteiger partial charge on any atom is -0.481 e. The molecule has 1 N–H and O–H groups in total. The van der Waals surface area contributed by atoms with Crippen molar-refractivity contribution in [1.29, 1.82) is 0 Å². The van der Waals surface area contributed by atoms with Gasteiger partial charge in [0.15, 0.2) is 0 Å². The molecule has 1 aromatic heterocycles. The second kappa shape index (κ2) is 6.85. The second-order valence-corrected chi connectivity index (χ2v) is 5.92. The van der Waals surface area contributed by atoms with Crippen molar-refractivity contribution in [3.8, 4) is 0 Å². The highest BCUT2D eigenvalue weighted by Gasteiger charge is 2.16. The third-order valence-electron chi connectivity index (χ3n) is 3.13. The lowest BCUT2D eigenvalue weighted by atomic mass is 10.2. The minimum absolute atomic E-state index is 0.265. The van der Waals surface area contributed by atoms with Gasteiger partial charge in [0.1, 0.15) is 0 Å². The van der Waals surface area contributed by atoms with Crippen LogP contribution in [-0.2, 0) is 4.79 Å². The number of carboxylic acid groups (broad SMARTS) is 1. The quantitative estimate of drug-likeness (QED) is 0.774. The number of hydrogen-bond acceptors (Lipinski definition) is 4. The molecule has 5 heteroatoms. The van der Waals surface area contributed by atoms with Crippen LogP contribution in [0.2, 0.25) is 0 Å². The molecule has 0 aliphatic carbocycles. The summed E-state index contributed by atoms with van der Waals surface area (Å²) in [6.07, 6.45) is 1.93. The second-order valence-electron chi connectivity index (χ2n) is 4.69. The van der Waals surface area contributed by atoms with Crippen LogP contribution in [0.4, 0.5) is 0 Å². The highest BCUT2D eigenvalue weighted by atomic mass is 32.1. The summed E-state index contributed by atoms with van der Waals surface area (Å²) in [5, 5.41) is 9.69. The Kier molecular flexibility index (Phi) is 5.75. The van der Waals surface area contributed by atoms with Crippen molar-refractivity contribution in [2.45, 2.75) is 46.1 Å². The van der Waals surface area contributed by atoms with Gasteiger partial charge in [0.25, 0.3) is 0 Å². The van der Waals surface area contributed by atoms with Crippen molar-refractivity contribution < 1.29 is 9.90 Å². The van der Waals surface area contributed by atoms with Gasteiger partial charge in [-0.2, -0.15) is 0 Å². The van der Waals surface area contributed by atoms with E-state index in [0.717, 1.165) is 30.1 Å². The fourth-order valence-corrected chi connectivity index (χ4v) is 3.01. The third kappa shape index (κ3) is 4.38. The zero-order valence-corrected chi connectivity index (χ0v) is 12.4. The van der Waals surface area contributed by atoms with Crippen molar-refractivity contribution in [2.24, 2.45) is 0 Å². The average Bonchev–Trinajstić information content (AvgIpc) is 2.62. The Bertz CT molecular complexity index is 404. The van der Waals surface area contributed by atoms with Crippen molar-refractivity contribution in [2.75, 3.05) is 13.6 Å². The number of unbranched alkanes of at least 4 members (excludes halogenated alkanes) is 1. The summed E-state index contributed by atoms with van der Waals surface area (Å²) in [4.78, 5) is 18.5.